The van der Waals surface area contributed by atoms with Gasteiger partial charge in [-0.2, -0.15) is 0 Å². The predicted molar refractivity (Wildman–Crippen MR) is 139 cm³/mol. The first kappa shape index (κ1) is 26.7. The summed E-state index contributed by atoms with van der Waals surface area (Å²) in [5, 5.41) is 9.75. The monoisotopic (exact) mass is 537 g/mol. The number of rotatable bonds is 10. The molecule has 0 bridgehead atoms. The van der Waals surface area contributed by atoms with E-state index in [0.29, 0.717) is 17.3 Å². The first-order valence-electron chi connectivity index (χ1n) is 10.8. The van der Waals surface area contributed by atoms with Gasteiger partial charge in [0.15, 0.2) is 0 Å². The number of likely N-dealkylation sites (N-methyl/N-ethyl adjacent to an activating group) is 1. The summed E-state index contributed by atoms with van der Waals surface area (Å²) in [6.07, 6.45) is 0. The lowest BCUT2D eigenvalue weighted by Gasteiger charge is -2.29. The molecule has 35 heavy (non-hydrogen) atoms. The van der Waals surface area contributed by atoms with E-state index in [9.17, 15) is 13.2 Å². The molecule has 1 heterocycles. The average Bonchev–Trinajstić information content (AvgIpc) is 3.25. The highest BCUT2D eigenvalue weighted by molar-refractivity contribution is 7.92. The maximum absolute atomic E-state index is 13.8. The van der Waals surface area contributed by atoms with E-state index >= 15 is 0 Å². The lowest BCUT2D eigenvalue weighted by Crippen LogP contribution is -2.43. The van der Waals surface area contributed by atoms with Crippen LogP contribution in [0.25, 0.3) is 0 Å². The smallest absolute Gasteiger partial charge is 0.264 e. The zero-order valence-electron chi connectivity index (χ0n) is 20.2. The van der Waals surface area contributed by atoms with Crippen LogP contribution in [0.5, 0.6) is 5.75 Å². The van der Waals surface area contributed by atoms with Gasteiger partial charge in [-0.05, 0) is 44.2 Å². The van der Waals surface area contributed by atoms with Gasteiger partial charge in [0, 0.05) is 32.4 Å². The van der Waals surface area contributed by atoms with Crippen LogP contribution in [0.4, 0.5) is 11.4 Å². The number of methoxy groups -OCH3 is 1. The van der Waals surface area contributed by atoms with Gasteiger partial charge >= 0.3 is 0 Å². The SMILES string of the molecule is CCN(Cc1nnc(C)s1)C(=O)CN(c1cc(N(C)C)ccc1Cl)S(=O)(=O)c1cccc(OC)c1. The van der Waals surface area contributed by atoms with Gasteiger partial charge in [-0.25, -0.2) is 8.42 Å². The Labute approximate surface area is 214 Å². The van der Waals surface area contributed by atoms with E-state index < -0.39 is 22.5 Å². The number of halogens is 1. The van der Waals surface area contributed by atoms with Crippen LogP contribution in [0.2, 0.25) is 5.02 Å². The Balaban J connectivity index is 2.06. The molecule has 3 rings (SSSR count). The summed E-state index contributed by atoms with van der Waals surface area (Å²) in [5.41, 5.74) is 0.941. The normalized spacial score (nSPS) is 11.3. The Morgan fingerprint density at radius 3 is 2.49 bits per heavy atom. The zero-order chi connectivity index (χ0) is 25.8. The molecule has 0 aliphatic carbocycles. The Morgan fingerprint density at radius 2 is 1.89 bits per heavy atom. The lowest BCUT2D eigenvalue weighted by molar-refractivity contribution is -0.129. The lowest BCUT2D eigenvalue weighted by atomic mass is 10.2. The van der Waals surface area contributed by atoms with Crippen molar-refractivity contribution in [1.82, 2.24) is 15.1 Å². The van der Waals surface area contributed by atoms with Crippen molar-refractivity contribution in [1.29, 1.82) is 0 Å². The number of aromatic nitrogens is 2. The van der Waals surface area contributed by atoms with Crippen molar-refractivity contribution in [3.8, 4) is 5.75 Å². The Kier molecular flexibility index (Phi) is 8.57. The second-order valence-electron chi connectivity index (χ2n) is 7.84. The number of carbonyl (C=O) groups is 1. The topological polar surface area (TPSA) is 95.9 Å². The van der Waals surface area contributed by atoms with Crippen molar-refractivity contribution in [2.75, 3.05) is 43.5 Å². The Hall–Kier alpha value is -2.89. The van der Waals surface area contributed by atoms with Crippen molar-refractivity contribution in [2.24, 2.45) is 0 Å². The molecular formula is C23H28ClN5O4S2. The number of amides is 1. The van der Waals surface area contributed by atoms with Crippen molar-refractivity contribution in [2.45, 2.75) is 25.3 Å². The molecule has 9 nitrogen and oxygen atoms in total. The summed E-state index contributed by atoms with van der Waals surface area (Å²) in [6, 6.07) is 11.2. The summed E-state index contributed by atoms with van der Waals surface area (Å²) < 4.78 is 34.0. The molecule has 0 aliphatic rings. The van der Waals surface area contributed by atoms with Gasteiger partial charge in [0.1, 0.15) is 22.3 Å². The van der Waals surface area contributed by atoms with Crippen molar-refractivity contribution < 1.29 is 17.9 Å². The molecule has 2 aromatic carbocycles. The third-order valence-corrected chi connectivity index (χ3v) is 8.15. The van der Waals surface area contributed by atoms with E-state index in [2.05, 4.69) is 10.2 Å². The number of hydrogen-bond donors (Lipinski definition) is 0. The van der Waals surface area contributed by atoms with Gasteiger partial charge in [-0.1, -0.05) is 29.0 Å². The van der Waals surface area contributed by atoms with Crippen LogP contribution < -0.4 is 13.9 Å². The van der Waals surface area contributed by atoms with E-state index in [1.165, 1.54) is 35.5 Å². The van der Waals surface area contributed by atoms with Gasteiger partial charge in [0.2, 0.25) is 5.91 Å². The van der Waals surface area contributed by atoms with E-state index in [4.69, 9.17) is 16.3 Å². The molecule has 0 saturated heterocycles. The first-order chi connectivity index (χ1) is 16.6. The van der Waals surface area contributed by atoms with Crippen LogP contribution in [0, 0.1) is 6.92 Å². The molecule has 0 unspecified atom stereocenters. The Morgan fingerprint density at radius 1 is 1.14 bits per heavy atom. The largest absolute Gasteiger partial charge is 0.497 e. The molecule has 0 saturated carbocycles. The maximum Gasteiger partial charge on any atom is 0.264 e. The fourth-order valence-corrected chi connectivity index (χ4v) is 5.78. The molecular weight excluding hydrogens is 510 g/mol. The third kappa shape index (κ3) is 6.22. The number of ether oxygens (including phenoxy) is 1. The molecule has 0 radical (unpaired) electrons. The van der Waals surface area contributed by atoms with Crippen LogP contribution in [0.15, 0.2) is 47.4 Å². The number of nitrogens with zero attached hydrogens (tertiary/aromatic N) is 5. The standard InChI is InChI=1S/C23H28ClN5O4S2/c1-6-28(14-22-26-25-16(2)34-22)23(30)15-29(21-12-17(27(3)4)10-11-20(21)24)35(31,32)19-9-7-8-18(13-19)33-5/h7-13H,6,14-15H2,1-5H3. The second-order valence-corrected chi connectivity index (χ2v) is 11.4. The highest BCUT2D eigenvalue weighted by Gasteiger charge is 2.31. The third-order valence-electron chi connectivity index (χ3n) is 5.25. The molecule has 12 heteroatoms. The minimum absolute atomic E-state index is 0.0150. The summed E-state index contributed by atoms with van der Waals surface area (Å²) in [4.78, 5) is 16.8. The van der Waals surface area contributed by atoms with Crippen LogP contribution in [0.3, 0.4) is 0 Å². The highest BCUT2D eigenvalue weighted by atomic mass is 35.5. The summed E-state index contributed by atoms with van der Waals surface area (Å²) in [5.74, 6) is -0.00883. The number of hydrogen-bond acceptors (Lipinski definition) is 8. The molecule has 0 atom stereocenters. The minimum Gasteiger partial charge on any atom is -0.497 e. The molecule has 188 valence electrons. The Bertz CT molecular complexity index is 1300. The number of aryl methyl sites for hydroxylation is 1. The van der Waals surface area contributed by atoms with Crippen molar-refractivity contribution in [3.63, 3.8) is 0 Å². The molecule has 0 spiro atoms. The molecule has 1 amide bonds. The van der Waals surface area contributed by atoms with Gasteiger partial charge in [-0.15, -0.1) is 10.2 Å². The van der Waals surface area contributed by atoms with Gasteiger partial charge in [0.05, 0.1) is 29.3 Å². The van der Waals surface area contributed by atoms with E-state index in [-0.39, 0.29) is 22.2 Å². The fourth-order valence-electron chi connectivity index (χ4n) is 3.32. The van der Waals surface area contributed by atoms with Gasteiger partial charge in [-0.3, -0.25) is 9.10 Å². The number of carbonyl (C=O) groups excluding carboxylic acids is 1. The molecule has 0 aliphatic heterocycles. The highest BCUT2D eigenvalue weighted by Crippen LogP contribution is 2.34. The molecule has 1 aromatic heterocycles. The molecule has 0 fully saturated rings. The van der Waals surface area contributed by atoms with Crippen molar-refractivity contribution >= 4 is 50.2 Å². The van der Waals surface area contributed by atoms with Crippen LogP contribution in [-0.2, 0) is 21.4 Å². The van der Waals surface area contributed by atoms with Crippen LogP contribution >= 0.6 is 22.9 Å². The summed E-state index contributed by atoms with van der Waals surface area (Å²) >= 11 is 7.88. The van der Waals surface area contributed by atoms with E-state index in [0.717, 1.165) is 15.0 Å². The summed E-state index contributed by atoms with van der Waals surface area (Å²) in [6.45, 7) is 3.82. The quantitative estimate of drug-likeness (QED) is 0.388. The van der Waals surface area contributed by atoms with Crippen molar-refractivity contribution in [3.05, 3.63) is 57.5 Å². The van der Waals surface area contributed by atoms with Crippen LogP contribution in [-0.4, -0.2) is 63.7 Å². The maximum atomic E-state index is 13.8. The number of anilines is 2. The predicted octanol–water partition coefficient (Wildman–Crippen LogP) is 3.82. The second kappa shape index (κ2) is 11.2. The van der Waals surface area contributed by atoms with Gasteiger partial charge in [0.25, 0.3) is 10.0 Å². The summed E-state index contributed by atoms with van der Waals surface area (Å²) in [7, 11) is 0.948. The first-order valence-corrected chi connectivity index (χ1v) is 13.4. The number of benzene rings is 2. The average molecular weight is 538 g/mol. The van der Waals surface area contributed by atoms with Crippen LogP contribution in [0.1, 0.15) is 16.9 Å². The van der Waals surface area contributed by atoms with E-state index in [1.807, 2.05) is 32.8 Å². The zero-order valence-corrected chi connectivity index (χ0v) is 22.6. The minimum atomic E-state index is -4.18. The number of sulfonamides is 1. The van der Waals surface area contributed by atoms with E-state index in [1.54, 1.807) is 30.3 Å². The molecule has 3 aromatic rings. The fraction of sp³-hybridized carbons (Fsp3) is 0.348. The van der Waals surface area contributed by atoms with Gasteiger partial charge < -0.3 is 14.5 Å². The molecule has 0 N–H and O–H groups in total.